The van der Waals surface area contributed by atoms with Gasteiger partial charge < -0.3 is 20.5 Å². The van der Waals surface area contributed by atoms with Gasteiger partial charge in [-0.15, -0.1) is 0 Å². The number of fused-ring (bicyclic) bond motifs is 1. The molecule has 1 aromatic carbocycles. The summed E-state index contributed by atoms with van der Waals surface area (Å²) in [4.78, 5) is 3.30. The summed E-state index contributed by atoms with van der Waals surface area (Å²) in [5.74, 6) is 0. The molecule has 4 heteroatoms. The molecule has 122 valence electrons. The van der Waals surface area contributed by atoms with Gasteiger partial charge in [0.25, 0.3) is 0 Å². The van der Waals surface area contributed by atoms with E-state index in [-0.39, 0.29) is 0 Å². The monoisotopic (exact) mass is 304 g/mol. The number of hydrogen-bond donors (Lipinski definition) is 4. The van der Waals surface area contributed by atoms with E-state index in [0.717, 1.165) is 32.4 Å². The molecule has 0 aliphatic carbocycles. The van der Waals surface area contributed by atoms with E-state index in [1.165, 1.54) is 16.5 Å². The van der Waals surface area contributed by atoms with E-state index in [0.29, 0.717) is 6.42 Å². The zero-order valence-corrected chi connectivity index (χ0v) is 13.6. The molecule has 22 heavy (non-hydrogen) atoms. The Kier molecular flexibility index (Phi) is 6.00. The lowest BCUT2D eigenvalue weighted by atomic mass is 9.97. The summed E-state index contributed by atoms with van der Waals surface area (Å²) in [7, 11) is 0. The van der Waals surface area contributed by atoms with Gasteiger partial charge in [0.15, 0.2) is 0 Å². The molecule has 1 unspecified atom stereocenters. The second kappa shape index (κ2) is 7.77. The van der Waals surface area contributed by atoms with Crippen LogP contribution in [0.5, 0.6) is 0 Å². The molecular weight excluding hydrogens is 276 g/mol. The zero-order valence-electron chi connectivity index (χ0n) is 13.6. The smallest absolute Gasteiger partial charge is 0.0849 e. The summed E-state index contributed by atoms with van der Waals surface area (Å²) < 4.78 is 0. The number of para-hydroxylation sites is 1. The molecule has 0 fully saturated rings. The number of nitrogens with one attached hydrogen (secondary N) is 2. The fourth-order valence-electron chi connectivity index (χ4n) is 2.63. The van der Waals surface area contributed by atoms with Gasteiger partial charge >= 0.3 is 0 Å². The predicted octanol–water partition coefficient (Wildman–Crippen LogP) is 2.60. The molecule has 0 radical (unpaired) electrons. The summed E-state index contributed by atoms with van der Waals surface area (Å²) in [6.45, 7) is 5.20. The van der Waals surface area contributed by atoms with Crippen LogP contribution in [0.3, 0.4) is 0 Å². The van der Waals surface area contributed by atoms with Crippen LogP contribution >= 0.6 is 0 Å². The van der Waals surface area contributed by atoms with Gasteiger partial charge in [-0.05, 0) is 64.3 Å². The van der Waals surface area contributed by atoms with Gasteiger partial charge in [-0.25, -0.2) is 0 Å². The van der Waals surface area contributed by atoms with E-state index < -0.39 is 11.7 Å². The van der Waals surface area contributed by atoms with E-state index in [4.69, 9.17) is 0 Å². The van der Waals surface area contributed by atoms with Crippen molar-refractivity contribution in [2.45, 2.75) is 51.2 Å². The maximum atomic E-state index is 9.74. The molecule has 1 atom stereocenters. The van der Waals surface area contributed by atoms with Gasteiger partial charge in [-0.3, -0.25) is 0 Å². The van der Waals surface area contributed by atoms with Crippen LogP contribution in [0.15, 0.2) is 30.5 Å². The van der Waals surface area contributed by atoms with Gasteiger partial charge in [0, 0.05) is 17.1 Å². The fraction of sp³-hybridized carbons (Fsp3) is 0.556. The minimum Gasteiger partial charge on any atom is -0.390 e. The predicted molar refractivity (Wildman–Crippen MR) is 91.0 cm³/mol. The highest BCUT2D eigenvalue weighted by atomic mass is 16.3. The number of benzene rings is 1. The van der Waals surface area contributed by atoms with Crippen molar-refractivity contribution in [3.05, 3.63) is 36.0 Å². The van der Waals surface area contributed by atoms with Crippen molar-refractivity contribution in [3.63, 3.8) is 0 Å². The third-order valence-electron chi connectivity index (χ3n) is 4.14. The highest BCUT2D eigenvalue weighted by Gasteiger charge is 2.23. The van der Waals surface area contributed by atoms with Crippen molar-refractivity contribution in [1.82, 2.24) is 10.3 Å². The van der Waals surface area contributed by atoms with Crippen molar-refractivity contribution in [2.75, 3.05) is 13.1 Å². The molecule has 0 spiro atoms. The Morgan fingerprint density at radius 1 is 1.18 bits per heavy atom. The Bertz CT molecular complexity index is 572. The molecule has 2 rings (SSSR count). The highest BCUT2D eigenvalue weighted by Crippen LogP contribution is 2.17. The number of unbranched alkanes of at least 4 members (excludes halogenated alkanes) is 1. The molecule has 1 heterocycles. The molecule has 0 saturated carbocycles. The van der Waals surface area contributed by atoms with Crippen LogP contribution in [0.25, 0.3) is 10.9 Å². The van der Waals surface area contributed by atoms with E-state index in [9.17, 15) is 10.2 Å². The van der Waals surface area contributed by atoms with Crippen LogP contribution in [0.1, 0.15) is 38.7 Å². The van der Waals surface area contributed by atoms with Crippen LogP contribution in [-0.4, -0.2) is 40.0 Å². The number of aromatic nitrogens is 1. The van der Waals surface area contributed by atoms with Crippen molar-refractivity contribution in [1.29, 1.82) is 0 Å². The summed E-state index contributed by atoms with van der Waals surface area (Å²) in [6, 6.07) is 8.36. The molecule has 0 aliphatic rings. The Morgan fingerprint density at radius 2 is 1.95 bits per heavy atom. The lowest BCUT2D eigenvalue weighted by Gasteiger charge is -2.24. The second-order valence-corrected chi connectivity index (χ2v) is 6.52. The van der Waals surface area contributed by atoms with Crippen molar-refractivity contribution in [3.8, 4) is 0 Å². The molecule has 0 bridgehead atoms. The molecule has 4 nitrogen and oxygen atoms in total. The zero-order chi connectivity index (χ0) is 16.0. The Balaban J connectivity index is 1.60. The van der Waals surface area contributed by atoms with Gasteiger partial charge in [0.1, 0.15) is 0 Å². The second-order valence-electron chi connectivity index (χ2n) is 6.52. The van der Waals surface area contributed by atoms with Crippen LogP contribution in [0, 0.1) is 0 Å². The number of hydrogen-bond acceptors (Lipinski definition) is 3. The Labute approximate surface area is 132 Å². The summed E-state index contributed by atoms with van der Waals surface area (Å²) in [6.07, 6.45) is 5.04. The average Bonchev–Trinajstić information content (AvgIpc) is 2.88. The first kappa shape index (κ1) is 17.0. The maximum Gasteiger partial charge on any atom is 0.0849 e. The molecule has 0 saturated heterocycles. The van der Waals surface area contributed by atoms with E-state index in [1.807, 2.05) is 6.07 Å². The van der Waals surface area contributed by atoms with Crippen LogP contribution in [-0.2, 0) is 6.42 Å². The number of H-pyrrole nitrogens is 1. The van der Waals surface area contributed by atoms with Gasteiger partial charge in [-0.1, -0.05) is 18.2 Å². The molecule has 2 aromatic rings. The Morgan fingerprint density at radius 3 is 2.73 bits per heavy atom. The van der Waals surface area contributed by atoms with Gasteiger partial charge in [-0.2, -0.15) is 0 Å². The van der Waals surface area contributed by atoms with E-state index >= 15 is 0 Å². The van der Waals surface area contributed by atoms with E-state index in [1.54, 1.807) is 13.8 Å². The first-order chi connectivity index (χ1) is 10.5. The topological polar surface area (TPSA) is 68.3 Å². The standard InChI is InChI=1S/C18H28N2O2/c1-18(2,22)17(21)9-5-6-11-19-12-10-14-13-20-16-8-4-3-7-15(14)16/h3-4,7-8,13,17,19-22H,5-6,9-12H2,1-2H3. The normalized spacial score (nSPS) is 13.6. The lowest BCUT2D eigenvalue weighted by molar-refractivity contribution is -0.0521. The first-order valence-electron chi connectivity index (χ1n) is 8.14. The molecule has 1 aromatic heterocycles. The van der Waals surface area contributed by atoms with E-state index in [2.05, 4.69) is 34.7 Å². The lowest BCUT2D eigenvalue weighted by Crippen LogP contribution is -2.35. The number of aromatic amines is 1. The SMILES string of the molecule is CC(C)(O)C(O)CCCCNCCc1c[nH]c2ccccc12. The fourth-order valence-corrected chi connectivity index (χ4v) is 2.63. The summed E-state index contributed by atoms with van der Waals surface area (Å²) in [5, 5.41) is 24.1. The minimum absolute atomic E-state index is 0.640. The van der Waals surface area contributed by atoms with Crippen LogP contribution in [0.2, 0.25) is 0 Å². The number of aliphatic hydroxyl groups is 2. The van der Waals surface area contributed by atoms with Gasteiger partial charge in [0.2, 0.25) is 0 Å². The third kappa shape index (κ3) is 4.83. The largest absolute Gasteiger partial charge is 0.390 e. The quantitative estimate of drug-likeness (QED) is 0.538. The molecule has 0 aliphatic heterocycles. The van der Waals surface area contributed by atoms with Gasteiger partial charge in [0.05, 0.1) is 11.7 Å². The minimum atomic E-state index is -0.997. The molecule has 4 N–H and O–H groups in total. The average molecular weight is 304 g/mol. The first-order valence-corrected chi connectivity index (χ1v) is 8.14. The van der Waals surface area contributed by atoms with Crippen molar-refractivity contribution < 1.29 is 10.2 Å². The number of aliphatic hydroxyl groups excluding tert-OH is 1. The number of rotatable bonds is 9. The van der Waals surface area contributed by atoms with Crippen molar-refractivity contribution in [2.24, 2.45) is 0 Å². The third-order valence-corrected chi connectivity index (χ3v) is 4.14. The summed E-state index contributed by atoms with van der Waals surface area (Å²) in [5.41, 5.74) is 1.54. The van der Waals surface area contributed by atoms with Crippen LogP contribution < -0.4 is 5.32 Å². The van der Waals surface area contributed by atoms with Crippen molar-refractivity contribution >= 4 is 10.9 Å². The summed E-state index contributed by atoms with van der Waals surface area (Å²) >= 11 is 0. The van der Waals surface area contributed by atoms with Crippen LogP contribution in [0.4, 0.5) is 0 Å². The molecule has 0 amide bonds. The Hall–Kier alpha value is -1.36. The molecular formula is C18H28N2O2. The maximum absolute atomic E-state index is 9.74. The highest BCUT2D eigenvalue weighted by molar-refractivity contribution is 5.83.